The van der Waals surface area contributed by atoms with Gasteiger partial charge in [-0.2, -0.15) is 29.6 Å². The van der Waals surface area contributed by atoms with Crippen molar-refractivity contribution >= 4 is 34.7 Å². The lowest BCUT2D eigenvalue weighted by Gasteiger charge is -2.38. The number of nitriles is 2. The lowest BCUT2D eigenvalue weighted by atomic mass is 9.91. The maximum atomic E-state index is 15.8. The predicted octanol–water partition coefficient (Wildman–Crippen LogP) is 2.38. The Bertz CT molecular complexity index is 2790. The third kappa shape index (κ3) is 7.66. The first-order valence-corrected chi connectivity index (χ1v) is 20.0. The van der Waals surface area contributed by atoms with Crippen molar-refractivity contribution in [1.29, 1.82) is 10.5 Å². The van der Waals surface area contributed by atoms with Crippen LogP contribution in [0.4, 0.5) is 24.8 Å². The summed E-state index contributed by atoms with van der Waals surface area (Å²) in [4.78, 5) is 57.7. The number of ether oxygens (including phenoxy) is 2. The van der Waals surface area contributed by atoms with E-state index in [1.165, 1.54) is 41.0 Å². The number of carbonyl (C=O) groups excluding carboxylic acids is 2. The van der Waals surface area contributed by atoms with E-state index in [-0.39, 0.29) is 89.4 Å². The number of rotatable bonds is 4. The van der Waals surface area contributed by atoms with Gasteiger partial charge in [0.15, 0.2) is 28.6 Å². The fourth-order valence-electron chi connectivity index (χ4n) is 8.25. The van der Waals surface area contributed by atoms with Crippen LogP contribution in [0.15, 0.2) is 56.0 Å². The van der Waals surface area contributed by atoms with Gasteiger partial charge in [0.25, 0.3) is 11.8 Å². The number of carbonyl (C=O) groups is 2. The van der Waals surface area contributed by atoms with Crippen molar-refractivity contribution in [2.24, 2.45) is 0 Å². The van der Waals surface area contributed by atoms with Crippen LogP contribution in [0.5, 0.6) is 11.5 Å². The van der Waals surface area contributed by atoms with Crippen LogP contribution in [0.2, 0.25) is 0 Å². The molecule has 0 aliphatic carbocycles. The van der Waals surface area contributed by atoms with Gasteiger partial charge in [-0.25, -0.2) is 33.2 Å². The first-order chi connectivity index (χ1) is 30.6. The van der Waals surface area contributed by atoms with Crippen LogP contribution in [-0.2, 0) is 22.7 Å². The van der Waals surface area contributed by atoms with Crippen LogP contribution >= 0.6 is 0 Å². The minimum absolute atomic E-state index is 0.0450. The van der Waals surface area contributed by atoms with Gasteiger partial charge in [-0.05, 0) is 0 Å². The molecular formula is C40H37F3N16O4. The van der Waals surface area contributed by atoms with Gasteiger partial charge >= 0.3 is 0 Å². The Morgan fingerprint density at radius 3 is 1.70 bits per heavy atom. The van der Waals surface area contributed by atoms with Crippen molar-refractivity contribution in [3.63, 3.8) is 0 Å². The van der Waals surface area contributed by atoms with Crippen LogP contribution in [0.25, 0.3) is 11.3 Å². The molecule has 0 saturated carbocycles. The number of aromatic nitrogens is 10. The zero-order valence-corrected chi connectivity index (χ0v) is 33.5. The van der Waals surface area contributed by atoms with Gasteiger partial charge in [-0.3, -0.25) is 19.6 Å². The number of piperidine rings is 2. The number of hydrogen-bond donors (Lipinski definition) is 0. The van der Waals surface area contributed by atoms with Crippen molar-refractivity contribution in [3.05, 3.63) is 84.2 Å². The van der Waals surface area contributed by atoms with Gasteiger partial charge in [0.05, 0.1) is 32.4 Å². The van der Waals surface area contributed by atoms with Crippen LogP contribution in [0.1, 0.15) is 47.9 Å². The number of pyridine rings is 2. The normalized spacial score (nSPS) is 18.0. The van der Waals surface area contributed by atoms with Gasteiger partial charge in [-0.1, -0.05) is 0 Å². The molecule has 4 aliphatic rings. The summed E-state index contributed by atoms with van der Waals surface area (Å²) in [5.74, 6) is 0.0109. The lowest BCUT2D eigenvalue weighted by Crippen LogP contribution is -2.53. The zero-order valence-electron chi connectivity index (χ0n) is 33.5. The number of amides is 2. The molecular weight excluding hydrogens is 826 g/mol. The molecule has 23 heteroatoms. The molecule has 6 aromatic rings. The van der Waals surface area contributed by atoms with E-state index in [1.807, 2.05) is 17.0 Å². The SMILES string of the molecule is N#Cc1cncc2c1OCCN(C(=O)C1(F)CCN(c3ncc(F)n4ncnc34)CC1)C2.N#Cc1cncc2c1OCCN(C(=O)C1(F)CCN(c3nccn4ncnc34)CC1)C2. The van der Waals surface area contributed by atoms with Crippen molar-refractivity contribution in [3.8, 4) is 23.6 Å². The molecule has 20 nitrogen and oxygen atoms in total. The van der Waals surface area contributed by atoms with Crippen molar-refractivity contribution in [1.82, 2.24) is 58.9 Å². The minimum Gasteiger partial charge on any atom is -0.490 e. The van der Waals surface area contributed by atoms with E-state index in [0.717, 1.165) is 10.7 Å². The minimum atomic E-state index is -2.05. The molecule has 63 heavy (non-hydrogen) atoms. The number of anilines is 2. The summed E-state index contributed by atoms with van der Waals surface area (Å²) < 4.78 is 59.3. The molecule has 0 unspecified atom stereocenters. The monoisotopic (exact) mass is 862 g/mol. The molecule has 0 aromatic carbocycles. The van der Waals surface area contributed by atoms with Crippen molar-refractivity contribution in [2.45, 2.75) is 50.1 Å². The topological polar surface area (TPSA) is 225 Å². The second kappa shape index (κ2) is 16.6. The number of fused-ring (bicyclic) bond motifs is 4. The van der Waals surface area contributed by atoms with Crippen molar-refractivity contribution < 1.29 is 32.2 Å². The molecule has 0 radical (unpaired) electrons. The van der Waals surface area contributed by atoms with E-state index < -0.39 is 29.1 Å². The van der Waals surface area contributed by atoms with Gasteiger partial charge in [0, 0.05) is 100 Å². The first kappa shape index (κ1) is 40.7. The highest BCUT2D eigenvalue weighted by molar-refractivity contribution is 5.86. The molecule has 10 heterocycles. The highest BCUT2D eigenvalue weighted by Gasteiger charge is 2.46. The van der Waals surface area contributed by atoms with Crippen LogP contribution in [0.3, 0.4) is 0 Å². The summed E-state index contributed by atoms with van der Waals surface area (Å²) in [6.45, 7) is 2.17. The summed E-state index contributed by atoms with van der Waals surface area (Å²) in [5.41, 5.74) is -1.41. The van der Waals surface area contributed by atoms with E-state index in [2.05, 4.69) is 40.1 Å². The molecule has 2 amide bonds. The number of halogens is 3. The summed E-state index contributed by atoms with van der Waals surface area (Å²) in [5, 5.41) is 26.4. The van der Waals surface area contributed by atoms with Crippen LogP contribution < -0.4 is 19.3 Å². The maximum absolute atomic E-state index is 15.8. The Kier molecular flexibility index (Phi) is 10.8. The Labute approximate surface area is 356 Å². The zero-order chi connectivity index (χ0) is 43.7. The Morgan fingerprint density at radius 1 is 0.651 bits per heavy atom. The maximum Gasteiger partial charge on any atom is 0.260 e. The van der Waals surface area contributed by atoms with E-state index in [0.29, 0.717) is 58.6 Å². The third-order valence-electron chi connectivity index (χ3n) is 11.6. The number of nitrogens with zero attached hydrogens (tertiary/aromatic N) is 16. The van der Waals surface area contributed by atoms with E-state index in [4.69, 9.17) is 9.47 Å². The van der Waals surface area contributed by atoms with Gasteiger partial charge in [0.2, 0.25) is 11.6 Å². The Morgan fingerprint density at radius 2 is 1.16 bits per heavy atom. The first-order valence-electron chi connectivity index (χ1n) is 20.0. The van der Waals surface area contributed by atoms with Gasteiger partial charge < -0.3 is 29.1 Å². The molecule has 322 valence electrons. The molecule has 0 atom stereocenters. The van der Waals surface area contributed by atoms with E-state index >= 15 is 8.78 Å². The quantitative estimate of drug-likeness (QED) is 0.248. The molecule has 0 spiro atoms. The molecule has 2 fully saturated rings. The average Bonchev–Trinajstić information content (AvgIpc) is 3.90. The van der Waals surface area contributed by atoms with Crippen molar-refractivity contribution in [2.75, 3.05) is 62.3 Å². The smallest absolute Gasteiger partial charge is 0.260 e. The Hall–Kier alpha value is -7.69. The highest BCUT2D eigenvalue weighted by Crippen LogP contribution is 2.36. The van der Waals surface area contributed by atoms with Gasteiger partial charge in [-0.15, -0.1) is 0 Å². The molecule has 0 bridgehead atoms. The van der Waals surface area contributed by atoms with Gasteiger partial charge in [0.1, 0.15) is 60.6 Å². The standard InChI is InChI=1S/C20H18F2N8O2.C20H19FN8O2/c21-15-10-25-17(18-26-12-27-30(15)18)28-3-1-20(22,2-4-28)19(31)29-5-6-32-16-13(7-23)8-24-9-14(16)11-29;21-20(1-4-27(5-2-20)17-18-25-13-26-29(18)6-3-24-17)19(30)28-7-8-31-16-14(9-22)10-23-11-15(16)12-28/h8-10,12H,1-6,11H2;3,6,10-11,13H,1-2,4-5,7-8,12H2. The number of alkyl halides is 2. The molecule has 2 saturated heterocycles. The van der Waals surface area contributed by atoms with E-state index in [9.17, 15) is 24.5 Å². The molecule has 6 aromatic heterocycles. The number of hydrogen-bond acceptors (Lipinski definition) is 16. The molecule has 10 rings (SSSR count). The fraction of sp³-hybridized carbons (Fsp3) is 0.400. The summed E-state index contributed by atoms with van der Waals surface area (Å²) in [7, 11) is 0. The lowest BCUT2D eigenvalue weighted by molar-refractivity contribution is -0.146. The van der Waals surface area contributed by atoms with Crippen LogP contribution in [0, 0.1) is 28.6 Å². The summed E-state index contributed by atoms with van der Waals surface area (Å²) >= 11 is 0. The predicted molar refractivity (Wildman–Crippen MR) is 212 cm³/mol. The second-order valence-electron chi connectivity index (χ2n) is 15.3. The molecule has 4 aliphatic heterocycles. The third-order valence-corrected chi connectivity index (χ3v) is 11.6. The fourth-order valence-corrected chi connectivity index (χ4v) is 8.25. The highest BCUT2D eigenvalue weighted by atomic mass is 19.1. The summed E-state index contributed by atoms with van der Waals surface area (Å²) in [6.07, 6.45) is 12.9. The Balaban J connectivity index is 0.000000160. The second-order valence-corrected chi connectivity index (χ2v) is 15.3. The average molecular weight is 863 g/mol. The van der Waals surface area contributed by atoms with E-state index in [1.54, 1.807) is 28.0 Å². The molecule has 0 N–H and O–H groups in total. The van der Waals surface area contributed by atoms with Crippen LogP contribution in [-0.4, -0.2) is 135 Å². The largest absolute Gasteiger partial charge is 0.490 e. The summed E-state index contributed by atoms with van der Waals surface area (Å²) in [6, 6.07) is 4.06.